The first-order chi connectivity index (χ1) is 18.3. The van der Waals surface area contributed by atoms with Crippen LogP contribution in [0.4, 0.5) is 13.2 Å². The van der Waals surface area contributed by atoms with Crippen LogP contribution < -0.4 is 4.74 Å². The fourth-order valence-corrected chi connectivity index (χ4v) is 3.87. The molecule has 0 N–H and O–H groups in total. The zero-order valence-electron chi connectivity index (χ0n) is 21.4. The minimum atomic E-state index is -4.43. The summed E-state index contributed by atoms with van der Waals surface area (Å²) in [5.74, 6) is -0.198. The summed E-state index contributed by atoms with van der Waals surface area (Å²) in [6, 6.07) is 20.5. The minimum absolute atomic E-state index is 0.0256. The molecule has 0 aliphatic rings. The van der Waals surface area contributed by atoms with Crippen molar-refractivity contribution >= 4 is 12.3 Å². The molecule has 3 rings (SSSR count). The third-order valence-corrected chi connectivity index (χ3v) is 5.98. The number of aldehydes is 1. The van der Waals surface area contributed by atoms with Crippen molar-refractivity contribution in [3.63, 3.8) is 0 Å². The van der Waals surface area contributed by atoms with Gasteiger partial charge in [0, 0.05) is 0 Å². The molecule has 0 unspecified atom stereocenters. The Balaban J connectivity index is 1.54. The van der Waals surface area contributed by atoms with Crippen LogP contribution in [0.15, 0.2) is 72.8 Å². The third kappa shape index (κ3) is 9.67. The predicted molar refractivity (Wildman–Crippen MR) is 138 cm³/mol. The number of halogens is 3. The van der Waals surface area contributed by atoms with E-state index in [2.05, 4.69) is 19.1 Å². The first-order valence-electron chi connectivity index (χ1n) is 12.6. The van der Waals surface area contributed by atoms with Crippen LogP contribution in [0.5, 0.6) is 5.75 Å². The number of aryl methyl sites for hydroxylation is 2. The Hall–Kier alpha value is -3.65. The van der Waals surface area contributed by atoms with Gasteiger partial charge in [0.2, 0.25) is 6.29 Å². The first-order valence-corrected chi connectivity index (χ1v) is 12.6. The highest BCUT2D eigenvalue weighted by Crippen LogP contribution is 2.29. The summed E-state index contributed by atoms with van der Waals surface area (Å²) in [4.78, 5) is 27.4. The van der Waals surface area contributed by atoms with Crippen molar-refractivity contribution in [2.24, 2.45) is 0 Å². The van der Waals surface area contributed by atoms with E-state index in [1.165, 1.54) is 22.8 Å². The first kappa shape index (κ1) is 28.9. The highest BCUT2D eigenvalue weighted by atomic mass is 19.4. The number of carbonyl (C=O) groups excluding carboxylic acids is 2. The quantitative estimate of drug-likeness (QED) is 0.101. The lowest BCUT2D eigenvalue weighted by Gasteiger charge is -2.20. The number of nitrogens with zero attached hydrogens (tertiary/aromatic N) is 1. The Morgan fingerprint density at radius 3 is 1.79 bits per heavy atom. The van der Waals surface area contributed by atoms with Gasteiger partial charge in [-0.2, -0.15) is 13.2 Å². The van der Waals surface area contributed by atoms with Gasteiger partial charge in [0.1, 0.15) is 5.75 Å². The SMILES string of the molecule is CCCCCOc1ccc(CCc2ccc(CN(Cc3ccc(C(F)(F)F)cc3)OC(=O)C=O)cc2)cc1. The van der Waals surface area contributed by atoms with Gasteiger partial charge in [-0.15, -0.1) is 5.06 Å². The molecule has 0 aromatic heterocycles. The molecule has 0 atom stereocenters. The lowest BCUT2D eigenvalue weighted by Crippen LogP contribution is -2.27. The molecule has 3 aromatic rings. The predicted octanol–water partition coefficient (Wildman–Crippen LogP) is 6.72. The molecule has 0 radical (unpaired) electrons. The topological polar surface area (TPSA) is 55.8 Å². The van der Waals surface area contributed by atoms with Crippen LogP contribution in [0.1, 0.15) is 54.0 Å². The zero-order chi connectivity index (χ0) is 27.4. The highest BCUT2D eigenvalue weighted by Gasteiger charge is 2.30. The van der Waals surface area contributed by atoms with Gasteiger partial charge >= 0.3 is 12.1 Å². The van der Waals surface area contributed by atoms with E-state index < -0.39 is 17.7 Å². The fraction of sp³-hybridized carbons (Fsp3) is 0.333. The molecule has 0 spiro atoms. The molecule has 0 saturated carbocycles. The van der Waals surface area contributed by atoms with E-state index in [1.54, 1.807) is 0 Å². The number of carbonyl (C=O) groups is 2. The number of ether oxygens (including phenoxy) is 1. The Morgan fingerprint density at radius 1 is 0.789 bits per heavy atom. The monoisotopic (exact) mass is 527 g/mol. The van der Waals surface area contributed by atoms with E-state index in [0.29, 0.717) is 5.56 Å². The molecule has 5 nitrogen and oxygen atoms in total. The average molecular weight is 528 g/mol. The van der Waals surface area contributed by atoms with Gasteiger partial charge in [-0.25, -0.2) is 4.79 Å². The summed E-state index contributed by atoms with van der Waals surface area (Å²) < 4.78 is 44.2. The number of alkyl halides is 3. The van der Waals surface area contributed by atoms with Crippen molar-refractivity contribution in [2.75, 3.05) is 6.61 Å². The number of hydrogen-bond donors (Lipinski definition) is 0. The van der Waals surface area contributed by atoms with Gasteiger partial charge in [-0.05, 0) is 65.8 Å². The van der Waals surface area contributed by atoms with Gasteiger partial charge in [0.15, 0.2) is 0 Å². The van der Waals surface area contributed by atoms with Crippen molar-refractivity contribution in [3.8, 4) is 5.75 Å². The van der Waals surface area contributed by atoms with Gasteiger partial charge in [0.25, 0.3) is 0 Å². The Morgan fingerprint density at radius 2 is 1.29 bits per heavy atom. The molecule has 38 heavy (non-hydrogen) atoms. The van der Waals surface area contributed by atoms with Gasteiger partial charge < -0.3 is 9.57 Å². The van der Waals surface area contributed by atoms with Crippen LogP contribution in [0, 0.1) is 0 Å². The lowest BCUT2D eigenvalue weighted by atomic mass is 10.0. The molecule has 202 valence electrons. The van der Waals surface area contributed by atoms with E-state index in [4.69, 9.17) is 9.57 Å². The van der Waals surface area contributed by atoms with E-state index >= 15 is 0 Å². The van der Waals surface area contributed by atoms with Crippen molar-refractivity contribution in [2.45, 2.75) is 58.3 Å². The van der Waals surface area contributed by atoms with E-state index in [0.717, 1.165) is 67.7 Å². The maximum absolute atomic E-state index is 12.8. The second-order valence-corrected chi connectivity index (χ2v) is 9.04. The summed E-state index contributed by atoms with van der Waals surface area (Å²) in [5.41, 5.74) is 2.90. The summed E-state index contributed by atoms with van der Waals surface area (Å²) in [5, 5.41) is 1.25. The lowest BCUT2D eigenvalue weighted by molar-refractivity contribution is -0.195. The smallest absolute Gasteiger partial charge is 0.416 e. The minimum Gasteiger partial charge on any atom is -0.494 e. The van der Waals surface area contributed by atoms with Gasteiger partial charge in [-0.3, -0.25) is 4.79 Å². The molecule has 0 aliphatic carbocycles. The summed E-state index contributed by atoms with van der Waals surface area (Å²) in [6.07, 6.45) is 0.707. The average Bonchev–Trinajstić information content (AvgIpc) is 2.91. The van der Waals surface area contributed by atoms with Crippen molar-refractivity contribution in [1.82, 2.24) is 5.06 Å². The maximum atomic E-state index is 12.8. The Bertz CT molecular complexity index is 1140. The molecule has 0 fully saturated rings. The number of unbranched alkanes of at least 4 members (excludes halogenated alkanes) is 2. The van der Waals surface area contributed by atoms with E-state index in [9.17, 15) is 22.8 Å². The van der Waals surface area contributed by atoms with Crippen molar-refractivity contribution in [3.05, 3.63) is 101 Å². The molecular weight excluding hydrogens is 495 g/mol. The van der Waals surface area contributed by atoms with Crippen LogP contribution >= 0.6 is 0 Å². The highest BCUT2D eigenvalue weighted by molar-refractivity contribution is 6.20. The van der Waals surface area contributed by atoms with E-state index in [1.807, 2.05) is 36.4 Å². The molecule has 0 heterocycles. The fourth-order valence-electron chi connectivity index (χ4n) is 3.87. The molecular formula is C30H32F3NO4. The normalized spacial score (nSPS) is 11.4. The molecule has 8 heteroatoms. The van der Waals surface area contributed by atoms with Crippen LogP contribution in [0.3, 0.4) is 0 Å². The Kier molecular flexibility index (Phi) is 10.9. The molecule has 0 saturated heterocycles. The number of hydrogen-bond acceptors (Lipinski definition) is 5. The summed E-state index contributed by atoms with van der Waals surface area (Å²) >= 11 is 0. The molecule has 0 amide bonds. The number of rotatable bonds is 14. The van der Waals surface area contributed by atoms with Crippen LogP contribution in [0.2, 0.25) is 0 Å². The number of hydroxylamine groups is 2. The van der Waals surface area contributed by atoms with Crippen molar-refractivity contribution in [1.29, 1.82) is 0 Å². The molecule has 3 aromatic carbocycles. The molecule has 0 bridgehead atoms. The standard InChI is InChI=1S/C30H32F3NO4/c1-2-3-4-19-37-28-17-13-24(14-18-28)6-5-23-7-9-25(10-8-23)20-34(38-29(36)22-35)21-26-11-15-27(16-12-26)30(31,32)33/h7-18,22H,2-6,19-21H2,1H3. The van der Waals surface area contributed by atoms with Crippen LogP contribution in [-0.4, -0.2) is 23.9 Å². The largest absolute Gasteiger partial charge is 0.494 e. The van der Waals surface area contributed by atoms with Crippen LogP contribution in [-0.2, 0) is 46.5 Å². The zero-order valence-corrected chi connectivity index (χ0v) is 21.4. The maximum Gasteiger partial charge on any atom is 0.416 e. The third-order valence-electron chi connectivity index (χ3n) is 5.98. The van der Waals surface area contributed by atoms with Crippen LogP contribution in [0.25, 0.3) is 0 Å². The second kappa shape index (κ2) is 14.3. The Labute approximate surface area is 221 Å². The van der Waals surface area contributed by atoms with Crippen molar-refractivity contribution < 1.29 is 32.3 Å². The van der Waals surface area contributed by atoms with E-state index in [-0.39, 0.29) is 19.4 Å². The summed E-state index contributed by atoms with van der Waals surface area (Å²) in [7, 11) is 0. The number of benzene rings is 3. The summed E-state index contributed by atoms with van der Waals surface area (Å²) in [6.45, 7) is 3.09. The second-order valence-electron chi connectivity index (χ2n) is 9.04. The molecule has 0 aliphatic heterocycles. The van der Waals surface area contributed by atoms with Gasteiger partial charge in [0.05, 0.1) is 25.3 Å². The van der Waals surface area contributed by atoms with Gasteiger partial charge in [-0.1, -0.05) is 68.3 Å².